The number of thiophene rings is 1. The topological polar surface area (TPSA) is 17.8 Å². The predicted octanol–water partition coefficient (Wildman–Crippen LogP) is 2.94. The van der Waals surface area contributed by atoms with Crippen LogP contribution in [0.15, 0.2) is 17.5 Å². The van der Waals surface area contributed by atoms with Crippen molar-refractivity contribution in [1.82, 2.24) is 9.78 Å². The minimum absolute atomic E-state index is 1.02. The molecule has 2 aromatic heterocycles. The van der Waals surface area contributed by atoms with E-state index in [1.165, 1.54) is 21.8 Å². The van der Waals surface area contributed by atoms with E-state index in [4.69, 9.17) is 0 Å². The summed E-state index contributed by atoms with van der Waals surface area (Å²) in [5.41, 5.74) is 3.94. The SMILES string of the molecule is CCc1nn(C)c(C)c1Cc1cccs1. The lowest BCUT2D eigenvalue weighted by atomic mass is 10.1. The summed E-state index contributed by atoms with van der Waals surface area (Å²) in [5.74, 6) is 0. The number of hydrogen-bond acceptors (Lipinski definition) is 2. The minimum Gasteiger partial charge on any atom is -0.272 e. The Hall–Kier alpha value is -1.09. The first-order chi connectivity index (χ1) is 7.22. The Morgan fingerprint density at radius 3 is 2.87 bits per heavy atom. The zero-order chi connectivity index (χ0) is 10.8. The summed E-state index contributed by atoms with van der Waals surface area (Å²) in [5, 5.41) is 6.66. The Kier molecular flexibility index (Phi) is 2.91. The van der Waals surface area contributed by atoms with Crippen LogP contribution in [0.1, 0.15) is 28.8 Å². The molecular formula is C12H16N2S. The lowest BCUT2D eigenvalue weighted by molar-refractivity contribution is 0.723. The van der Waals surface area contributed by atoms with Gasteiger partial charge in [0, 0.05) is 29.6 Å². The molecule has 0 aliphatic carbocycles. The van der Waals surface area contributed by atoms with E-state index < -0.39 is 0 Å². The van der Waals surface area contributed by atoms with Crippen LogP contribution < -0.4 is 0 Å². The second-order valence-electron chi connectivity index (χ2n) is 3.74. The molecule has 3 heteroatoms. The number of hydrogen-bond donors (Lipinski definition) is 0. The lowest BCUT2D eigenvalue weighted by Crippen LogP contribution is -1.94. The second-order valence-corrected chi connectivity index (χ2v) is 4.78. The van der Waals surface area contributed by atoms with E-state index in [2.05, 4.69) is 36.5 Å². The van der Waals surface area contributed by atoms with E-state index in [9.17, 15) is 0 Å². The normalized spacial score (nSPS) is 10.9. The molecule has 0 aliphatic heterocycles. The number of nitrogens with zero attached hydrogens (tertiary/aromatic N) is 2. The van der Waals surface area contributed by atoms with E-state index in [-0.39, 0.29) is 0 Å². The monoisotopic (exact) mass is 220 g/mol. The second kappa shape index (κ2) is 4.19. The van der Waals surface area contributed by atoms with Gasteiger partial charge in [-0.15, -0.1) is 11.3 Å². The third-order valence-electron chi connectivity index (χ3n) is 2.81. The van der Waals surface area contributed by atoms with Crippen molar-refractivity contribution >= 4 is 11.3 Å². The van der Waals surface area contributed by atoms with Gasteiger partial charge >= 0.3 is 0 Å². The molecule has 0 N–H and O–H groups in total. The van der Waals surface area contributed by atoms with Gasteiger partial charge in [0.2, 0.25) is 0 Å². The highest BCUT2D eigenvalue weighted by Gasteiger charge is 2.11. The summed E-state index contributed by atoms with van der Waals surface area (Å²) in [6, 6.07) is 4.30. The van der Waals surface area contributed by atoms with Crippen LogP contribution >= 0.6 is 11.3 Å². The Bertz CT molecular complexity index is 440. The van der Waals surface area contributed by atoms with Crippen LogP contribution in [0.2, 0.25) is 0 Å². The first-order valence-electron chi connectivity index (χ1n) is 5.26. The van der Waals surface area contributed by atoms with Crippen molar-refractivity contribution in [2.75, 3.05) is 0 Å². The molecule has 80 valence electrons. The van der Waals surface area contributed by atoms with E-state index in [0.29, 0.717) is 0 Å². The number of aryl methyl sites for hydroxylation is 2. The maximum Gasteiger partial charge on any atom is 0.0660 e. The summed E-state index contributed by atoms with van der Waals surface area (Å²) < 4.78 is 1.99. The standard InChI is InChI=1S/C12H16N2S/c1-4-12-11(9(2)14(3)13-12)8-10-6-5-7-15-10/h5-7H,4,8H2,1-3H3. The van der Waals surface area contributed by atoms with E-state index in [1.54, 1.807) is 0 Å². The molecule has 0 aliphatic rings. The zero-order valence-electron chi connectivity index (χ0n) is 9.45. The van der Waals surface area contributed by atoms with Gasteiger partial charge in [-0.05, 0) is 24.8 Å². The fraction of sp³-hybridized carbons (Fsp3) is 0.417. The maximum absolute atomic E-state index is 4.53. The molecule has 15 heavy (non-hydrogen) atoms. The van der Waals surface area contributed by atoms with Gasteiger partial charge in [-0.2, -0.15) is 5.10 Å². The zero-order valence-corrected chi connectivity index (χ0v) is 10.3. The van der Waals surface area contributed by atoms with Crippen LogP contribution in [0, 0.1) is 6.92 Å². The summed E-state index contributed by atoms with van der Waals surface area (Å²) in [6.45, 7) is 4.31. The molecule has 2 heterocycles. The molecular weight excluding hydrogens is 204 g/mol. The predicted molar refractivity (Wildman–Crippen MR) is 64.4 cm³/mol. The van der Waals surface area contributed by atoms with Gasteiger partial charge in [0.25, 0.3) is 0 Å². The third kappa shape index (κ3) is 1.97. The molecule has 0 saturated carbocycles. The fourth-order valence-corrected chi connectivity index (χ4v) is 2.54. The molecule has 0 amide bonds. The van der Waals surface area contributed by atoms with Gasteiger partial charge in [0.1, 0.15) is 0 Å². The van der Waals surface area contributed by atoms with E-state index in [0.717, 1.165) is 12.8 Å². The van der Waals surface area contributed by atoms with E-state index >= 15 is 0 Å². The molecule has 0 atom stereocenters. The van der Waals surface area contributed by atoms with Crippen molar-refractivity contribution in [3.63, 3.8) is 0 Å². The van der Waals surface area contributed by atoms with Gasteiger partial charge in [-0.25, -0.2) is 0 Å². The summed E-state index contributed by atoms with van der Waals surface area (Å²) >= 11 is 1.82. The van der Waals surface area contributed by atoms with Gasteiger partial charge in [0.15, 0.2) is 0 Å². The average Bonchev–Trinajstić information content (AvgIpc) is 2.82. The van der Waals surface area contributed by atoms with Crippen LogP contribution in [0.4, 0.5) is 0 Å². The molecule has 0 radical (unpaired) electrons. The highest BCUT2D eigenvalue weighted by molar-refractivity contribution is 7.09. The largest absolute Gasteiger partial charge is 0.272 e. The van der Waals surface area contributed by atoms with Crippen molar-refractivity contribution < 1.29 is 0 Å². The van der Waals surface area contributed by atoms with Crippen molar-refractivity contribution in [2.24, 2.45) is 7.05 Å². The van der Waals surface area contributed by atoms with Crippen molar-refractivity contribution in [2.45, 2.75) is 26.7 Å². The molecule has 0 unspecified atom stereocenters. The first kappa shape index (κ1) is 10.4. The molecule has 0 bridgehead atoms. The molecule has 2 nitrogen and oxygen atoms in total. The van der Waals surface area contributed by atoms with Gasteiger partial charge < -0.3 is 0 Å². The Labute approximate surface area is 94.6 Å². The van der Waals surface area contributed by atoms with Gasteiger partial charge in [0.05, 0.1) is 5.69 Å². The maximum atomic E-state index is 4.53. The quantitative estimate of drug-likeness (QED) is 0.777. The summed E-state index contributed by atoms with van der Waals surface area (Å²) in [6.07, 6.45) is 2.04. The Morgan fingerprint density at radius 2 is 2.27 bits per heavy atom. The molecule has 2 rings (SSSR count). The molecule has 2 aromatic rings. The summed E-state index contributed by atoms with van der Waals surface area (Å²) in [4.78, 5) is 1.42. The highest BCUT2D eigenvalue weighted by Crippen LogP contribution is 2.20. The van der Waals surface area contributed by atoms with Crippen LogP contribution in [-0.4, -0.2) is 9.78 Å². The molecule has 0 fully saturated rings. The van der Waals surface area contributed by atoms with Crippen LogP contribution in [0.3, 0.4) is 0 Å². The van der Waals surface area contributed by atoms with Crippen LogP contribution in [0.5, 0.6) is 0 Å². The summed E-state index contributed by atoms with van der Waals surface area (Å²) in [7, 11) is 2.02. The smallest absolute Gasteiger partial charge is 0.0660 e. The van der Waals surface area contributed by atoms with Crippen LogP contribution in [0.25, 0.3) is 0 Å². The highest BCUT2D eigenvalue weighted by atomic mass is 32.1. The number of aromatic nitrogens is 2. The number of rotatable bonds is 3. The third-order valence-corrected chi connectivity index (χ3v) is 3.68. The van der Waals surface area contributed by atoms with Crippen molar-refractivity contribution in [3.05, 3.63) is 39.3 Å². The molecule has 0 spiro atoms. The van der Waals surface area contributed by atoms with Crippen LogP contribution in [-0.2, 0) is 19.9 Å². The fourth-order valence-electron chi connectivity index (χ4n) is 1.82. The van der Waals surface area contributed by atoms with Crippen molar-refractivity contribution in [3.8, 4) is 0 Å². The van der Waals surface area contributed by atoms with Gasteiger partial charge in [-0.3, -0.25) is 4.68 Å². The lowest BCUT2D eigenvalue weighted by Gasteiger charge is -2.00. The molecule has 0 aromatic carbocycles. The Balaban J connectivity index is 2.34. The Morgan fingerprint density at radius 1 is 1.47 bits per heavy atom. The van der Waals surface area contributed by atoms with Gasteiger partial charge in [-0.1, -0.05) is 13.0 Å². The van der Waals surface area contributed by atoms with Crippen molar-refractivity contribution in [1.29, 1.82) is 0 Å². The molecule has 0 saturated heterocycles. The van der Waals surface area contributed by atoms with E-state index in [1.807, 2.05) is 23.1 Å². The first-order valence-corrected chi connectivity index (χ1v) is 6.14. The minimum atomic E-state index is 1.02. The average molecular weight is 220 g/mol.